The standard InChI is InChI=1S/C18H19BrClN/c19-16-10-4-9-15(18(16)20)17(21)11-13-7-3-6-12-5-1-2-8-14(12)13/h1-2,4-5,8-10,13,17H,3,6-7,11,21H2. The molecule has 0 saturated carbocycles. The number of nitrogens with two attached hydrogens (primary N) is 1. The summed E-state index contributed by atoms with van der Waals surface area (Å²) in [6, 6.07) is 14.7. The van der Waals surface area contributed by atoms with Gasteiger partial charge >= 0.3 is 0 Å². The van der Waals surface area contributed by atoms with Crippen molar-refractivity contribution in [3.05, 3.63) is 68.7 Å². The molecule has 0 saturated heterocycles. The van der Waals surface area contributed by atoms with E-state index in [2.05, 4.69) is 40.2 Å². The summed E-state index contributed by atoms with van der Waals surface area (Å²) >= 11 is 9.86. The highest BCUT2D eigenvalue weighted by molar-refractivity contribution is 9.10. The molecule has 0 radical (unpaired) electrons. The minimum Gasteiger partial charge on any atom is -0.324 e. The van der Waals surface area contributed by atoms with Gasteiger partial charge in [-0.05, 0) is 70.3 Å². The van der Waals surface area contributed by atoms with Crippen molar-refractivity contribution in [1.82, 2.24) is 0 Å². The number of rotatable bonds is 3. The molecule has 1 aliphatic rings. The van der Waals surface area contributed by atoms with E-state index in [1.165, 1.54) is 30.4 Å². The lowest BCUT2D eigenvalue weighted by molar-refractivity contribution is 0.476. The normalized spacial score (nSPS) is 19.1. The predicted molar refractivity (Wildman–Crippen MR) is 92.8 cm³/mol. The second kappa shape index (κ2) is 6.51. The van der Waals surface area contributed by atoms with Crippen molar-refractivity contribution in [2.75, 3.05) is 0 Å². The molecule has 0 bridgehead atoms. The molecule has 2 aromatic carbocycles. The Hall–Kier alpha value is -0.830. The van der Waals surface area contributed by atoms with Crippen LogP contribution in [0.25, 0.3) is 0 Å². The van der Waals surface area contributed by atoms with E-state index in [1.807, 2.05) is 18.2 Å². The van der Waals surface area contributed by atoms with Gasteiger partial charge in [-0.15, -0.1) is 0 Å². The van der Waals surface area contributed by atoms with Crippen LogP contribution in [0, 0.1) is 0 Å². The highest BCUT2D eigenvalue weighted by Crippen LogP contribution is 2.39. The van der Waals surface area contributed by atoms with Gasteiger partial charge < -0.3 is 5.73 Å². The van der Waals surface area contributed by atoms with E-state index in [1.54, 1.807) is 0 Å². The van der Waals surface area contributed by atoms with Crippen molar-refractivity contribution >= 4 is 27.5 Å². The van der Waals surface area contributed by atoms with Crippen LogP contribution < -0.4 is 5.73 Å². The van der Waals surface area contributed by atoms with Crippen LogP contribution in [0.4, 0.5) is 0 Å². The molecule has 3 heteroatoms. The van der Waals surface area contributed by atoms with Crippen molar-refractivity contribution < 1.29 is 0 Å². The maximum Gasteiger partial charge on any atom is 0.0595 e. The van der Waals surface area contributed by atoms with Crippen LogP contribution in [-0.4, -0.2) is 0 Å². The van der Waals surface area contributed by atoms with E-state index >= 15 is 0 Å². The lowest BCUT2D eigenvalue weighted by Crippen LogP contribution is -2.18. The number of hydrogen-bond donors (Lipinski definition) is 1. The number of benzene rings is 2. The molecule has 1 aliphatic carbocycles. The van der Waals surface area contributed by atoms with Crippen molar-refractivity contribution in [3.8, 4) is 0 Å². The molecule has 0 amide bonds. The van der Waals surface area contributed by atoms with Crippen LogP contribution >= 0.6 is 27.5 Å². The SMILES string of the molecule is NC(CC1CCCc2ccccc21)c1cccc(Br)c1Cl. The Balaban J connectivity index is 1.83. The molecule has 2 atom stereocenters. The first-order valence-corrected chi connectivity index (χ1v) is 8.61. The predicted octanol–water partition coefficient (Wildman–Crippen LogP) is 5.61. The zero-order valence-electron chi connectivity index (χ0n) is 11.9. The minimum absolute atomic E-state index is 0.0221. The van der Waals surface area contributed by atoms with E-state index in [-0.39, 0.29) is 6.04 Å². The van der Waals surface area contributed by atoms with Crippen molar-refractivity contribution in [2.45, 2.75) is 37.6 Å². The van der Waals surface area contributed by atoms with E-state index in [0.717, 1.165) is 21.5 Å². The van der Waals surface area contributed by atoms with Gasteiger partial charge in [-0.1, -0.05) is 48.0 Å². The van der Waals surface area contributed by atoms with E-state index < -0.39 is 0 Å². The zero-order valence-corrected chi connectivity index (χ0v) is 14.2. The van der Waals surface area contributed by atoms with Crippen LogP contribution in [0.2, 0.25) is 5.02 Å². The lowest BCUT2D eigenvalue weighted by Gasteiger charge is -2.28. The molecule has 2 aromatic rings. The molecule has 2 unspecified atom stereocenters. The number of halogens is 2. The van der Waals surface area contributed by atoms with Gasteiger partial charge in [-0.3, -0.25) is 0 Å². The highest BCUT2D eigenvalue weighted by atomic mass is 79.9. The molecular weight excluding hydrogens is 346 g/mol. The third-order valence-corrected chi connectivity index (χ3v) is 5.72. The Labute approximate surface area is 139 Å². The van der Waals surface area contributed by atoms with E-state index in [0.29, 0.717) is 5.92 Å². The second-order valence-corrected chi connectivity index (χ2v) is 7.01. The molecular formula is C18H19BrClN. The fraction of sp³-hybridized carbons (Fsp3) is 0.333. The number of hydrogen-bond acceptors (Lipinski definition) is 1. The summed E-state index contributed by atoms with van der Waals surface area (Å²) in [7, 11) is 0. The van der Waals surface area contributed by atoms with Gasteiger partial charge in [0.2, 0.25) is 0 Å². The average Bonchev–Trinajstić information content (AvgIpc) is 2.50. The molecule has 110 valence electrons. The first kappa shape index (κ1) is 15.1. The van der Waals surface area contributed by atoms with Gasteiger partial charge in [0.15, 0.2) is 0 Å². The molecule has 0 fully saturated rings. The van der Waals surface area contributed by atoms with Gasteiger partial charge in [0.05, 0.1) is 5.02 Å². The first-order chi connectivity index (χ1) is 10.2. The molecule has 0 aliphatic heterocycles. The molecule has 1 nitrogen and oxygen atoms in total. The Kier molecular flexibility index (Phi) is 4.68. The van der Waals surface area contributed by atoms with Crippen LogP contribution in [-0.2, 0) is 6.42 Å². The monoisotopic (exact) mass is 363 g/mol. The van der Waals surface area contributed by atoms with Crippen LogP contribution in [0.3, 0.4) is 0 Å². The largest absolute Gasteiger partial charge is 0.324 e. The molecule has 2 N–H and O–H groups in total. The average molecular weight is 365 g/mol. The fourth-order valence-electron chi connectivity index (χ4n) is 3.34. The Morgan fingerprint density at radius 2 is 2.00 bits per heavy atom. The third kappa shape index (κ3) is 3.18. The van der Waals surface area contributed by atoms with Crippen LogP contribution in [0.1, 0.15) is 47.9 Å². The third-order valence-electron chi connectivity index (χ3n) is 4.41. The fourth-order valence-corrected chi connectivity index (χ4v) is 3.99. The Morgan fingerprint density at radius 1 is 1.19 bits per heavy atom. The molecule has 0 spiro atoms. The van der Waals surface area contributed by atoms with Crippen LogP contribution in [0.15, 0.2) is 46.9 Å². The molecule has 21 heavy (non-hydrogen) atoms. The quantitative estimate of drug-likeness (QED) is 0.752. The van der Waals surface area contributed by atoms with Gasteiger partial charge in [0.1, 0.15) is 0 Å². The van der Waals surface area contributed by atoms with Gasteiger partial charge in [0, 0.05) is 10.5 Å². The molecule has 3 rings (SSSR count). The van der Waals surface area contributed by atoms with Gasteiger partial charge in [-0.2, -0.15) is 0 Å². The smallest absolute Gasteiger partial charge is 0.0595 e. The van der Waals surface area contributed by atoms with E-state index in [4.69, 9.17) is 17.3 Å². The summed E-state index contributed by atoms with van der Waals surface area (Å²) in [5, 5.41) is 0.745. The summed E-state index contributed by atoms with van der Waals surface area (Å²) in [4.78, 5) is 0. The summed E-state index contributed by atoms with van der Waals surface area (Å²) in [5.41, 5.74) is 10.4. The first-order valence-electron chi connectivity index (χ1n) is 7.44. The highest BCUT2D eigenvalue weighted by Gasteiger charge is 2.23. The van der Waals surface area contributed by atoms with Crippen molar-refractivity contribution in [3.63, 3.8) is 0 Å². The lowest BCUT2D eigenvalue weighted by atomic mass is 9.79. The topological polar surface area (TPSA) is 26.0 Å². The van der Waals surface area contributed by atoms with Crippen LogP contribution in [0.5, 0.6) is 0 Å². The Morgan fingerprint density at radius 3 is 2.86 bits per heavy atom. The maximum absolute atomic E-state index is 6.45. The van der Waals surface area contributed by atoms with E-state index in [9.17, 15) is 0 Å². The maximum atomic E-state index is 6.45. The second-order valence-electron chi connectivity index (χ2n) is 5.77. The summed E-state index contributed by atoms with van der Waals surface area (Å²) in [6.45, 7) is 0. The zero-order chi connectivity index (χ0) is 14.8. The number of fused-ring (bicyclic) bond motifs is 1. The number of aryl methyl sites for hydroxylation is 1. The molecule has 0 heterocycles. The van der Waals surface area contributed by atoms with Crippen molar-refractivity contribution in [2.24, 2.45) is 5.73 Å². The Bertz CT molecular complexity index is 641. The van der Waals surface area contributed by atoms with Crippen molar-refractivity contribution in [1.29, 1.82) is 0 Å². The minimum atomic E-state index is -0.0221. The molecule has 0 aromatic heterocycles. The summed E-state index contributed by atoms with van der Waals surface area (Å²) in [5.74, 6) is 0.542. The summed E-state index contributed by atoms with van der Waals surface area (Å²) < 4.78 is 0.918. The van der Waals surface area contributed by atoms with Gasteiger partial charge in [-0.25, -0.2) is 0 Å². The summed E-state index contributed by atoms with van der Waals surface area (Å²) in [6.07, 6.45) is 4.61. The van der Waals surface area contributed by atoms with Gasteiger partial charge in [0.25, 0.3) is 0 Å².